The average Bonchev–Trinajstić information content (AvgIpc) is 3.52. The van der Waals surface area contributed by atoms with Gasteiger partial charge in [-0.3, -0.25) is 0 Å². The van der Waals surface area contributed by atoms with Crippen LogP contribution in [0.15, 0.2) is 30.6 Å². The molecule has 3 aromatic heterocycles. The molecular weight excluding hydrogens is 580 g/mol. The molecule has 252 valence electrons. The Hall–Kier alpha value is -2.99. The second-order valence-electron chi connectivity index (χ2n) is 13.3. The Bertz CT molecular complexity index is 1340. The minimum atomic E-state index is 0.194. The fourth-order valence-electron chi connectivity index (χ4n) is 7.28. The third-order valence-electron chi connectivity index (χ3n) is 10.1. The summed E-state index contributed by atoms with van der Waals surface area (Å²) in [5.41, 5.74) is 3.07. The van der Waals surface area contributed by atoms with Crippen LogP contribution in [-0.2, 0) is 17.7 Å². The highest BCUT2D eigenvalue weighted by molar-refractivity contribution is 5.61. The molecule has 3 saturated heterocycles. The Labute approximate surface area is 274 Å². The lowest BCUT2D eigenvalue weighted by molar-refractivity contribution is 0.0464. The largest absolute Gasteiger partial charge is 0.475 e. The van der Waals surface area contributed by atoms with Gasteiger partial charge in [-0.15, -0.1) is 0 Å². The van der Waals surface area contributed by atoms with E-state index in [1.165, 1.54) is 64.8 Å². The number of nitrogens with zero attached hydrogens (tertiary/aromatic N) is 6. The first-order valence-electron chi connectivity index (χ1n) is 17.8. The van der Waals surface area contributed by atoms with Gasteiger partial charge in [0, 0.05) is 62.8 Å². The van der Waals surface area contributed by atoms with E-state index in [1.807, 2.05) is 23.0 Å². The number of anilines is 2. The van der Waals surface area contributed by atoms with Crippen molar-refractivity contribution in [1.82, 2.24) is 29.8 Å². The number of aromatic nitrogens is 4. The molecule has 1 atom stereocenters. The van der Waals surface area contributed by atoms with Gasteiger partial charge in [0.05, 0.1) is 12.8 Å². The molecule has 3 fully saturated rings. The van der Waals surface area contributed by atoms with Gasteiger partial charge in [-0.05, 0) is 101 Å². The number of piperidine rings is 3. The molecule has 3 N–H and O–H groups in total. The van der Waals surface area contributed by atoms with Crippen molar-refractivity contribution in [1.29, 1.82) is 0 Å². The first-order chi connectivity index (χ1) is 22.7. The number of aryl methyl sites for hydroxylation is 1. The van der Waals surface area contributed by atoms with E-state index in [4.69, 9.17) is 14.5 Å². The van der Waals surface area contributed by atoms with E-state index < -0.39 is 0 Å². The maximum atomic E-state index is 9.66. The van der Waals surface area contributed by atoms with Gasteiger partial charge >= 0.3 is 0 Å². The Kier molecular flexibility index (Phi) is 12.0. The van der Waals surface area contributed by atoms with Crippen LogP contribution < -0.4 is 20.3 Å². The molecule has 0 aromatic carbocycles. The fraction of sp³-hybridized carbons (Fsp3) is 0.686. The number of pyridine rings is 1. The second kappa shape index (κ2) is 16.7. The third-order valence-corrected chi connectivity index (χ3v) is 10.1. The van der Waals surface area contributed by atoms with Crippen LogP contribution in [0.25, 0.3) is 5.65 Å². The van der Waals surface area contributed by atoms with E-state index >= 15 is 0 Å². The lowest BCUT2D eigenvalue weighted by Gasteiger charge is -2.36. The van der Waals surface area contributed by atoms with Gasteiger partial charge in [0.2, 0.25) is 5.88 Å². The van der Waals surface area contributed by atoms with Crippen molar-refractivity contribution in [2.45, 2.75) is 77.3 Å². The van der Waals surface area contributed by atoms with E-state index in [2.05, 4.69) is 49.6 Å². The number of likely N-dealkylation sites (tertiary alicyclic amines) is 1. The van der Waals surface area contributed by atoms with Crippen LogP contribution in [0.2, 0.25) is 0 Å². The normalized spacial score (nSPS) is 20.4. The summed E-state index contributed by atoms with van der Waals surface area (Å²) in [6.07, 6.45) is 13.9. The molecule has 46 heavy (non-hydrogen) atoms. The van der Waals surface area contributed by atoms with E-state index in [0.717, 1.165) is 73.2 Å². The molecule has 3 aromatic rings. The zero-order valence-corrected chi connectivity index (χ0v) is 27.7. The molecule has 3 aliphatic rings. The van der Waals surface area contributed by atoms with Gasteiger partial charge in [-0.2, -0.15) is 9.61 Å². The molecule has 0 radical (unpaired) electrons. The summed E-state index contributed by atoms with van der Waals surface area (Å²) in [6.45, 7) is 11.9. The smallest absolute Gasteiger partial charge is 0.213 e. The number of aliphatic hydroxyl groups excluding tert-OH is 1. The van der Waals surface area contributed by atoms with Gasteiger partial charge in [-0.25, -0.2) is 9.97 Å². The van der Waals surface area contributed by atoms with Crippen molar-refractivity contribution in [2.75, 3.05) is 75.9 Å². The van der Waals surface area contributed by atoms with Gasteiger partial charge in [0.1, 0.15) is 18.2 Å². The predicted octanol–water partition coefficient (Wildman–Crippen LogP) is 4.15. The number of hydrogen-bond donors (Lipinski definition) is 3. The first kappa shape index (κ1) is 32.9. The Balaban J connectivity index is 0.946. The number of hydrogen-bond acceptors (Lipinski definition) is 10. The molecule has 0 amide bonds. The molecule has 11 nitrogen and oxygen atoms in total. The van der Waals surface area contributed by atoms with Crippen LogP contribution >= 0.6 is 0 Å². The Morgan fingerprint density at radius 3 is 2.65 bits per heavy atom. The lowest BCUT2D eigenvalue weighted by atomic mass is 9.94. The molecule has 0 aliphatic carbocycles. The zero-order valence-electron chi connectivity index (χ0n) is 27.7. The maximum Gasteiger partial charge on any atom is 0.213 e. The number of aliphatic hydroxyl groups is 1. The topological polar surface area (TPSA) is 112 Å². The summed E-state index contributed by atoms with van der Waals surface area (Å²) < 4.78 is 13.8. The summed E-state index contributed by atoms with van der Waals surface area (Å²) in [6, 6.07) is 6.39. The quantitative estimate of drug-likeness (QED) is 0.211. The van der Waals surface area contributed by atoms with Crippen LogP contribution in [0, 0.1) is 11.8 Å². The standard InChI is InChI=1S/C35H54N8O3/c1-2-30-24-39-43-32(21-33(40-35(30)43)42-15-4-3-5-31(42)12-18-44)37-22-29-6-7-34(38-23-29)46-20-19-45-26-28-10-16-41(17-11-28)25-27-8-13-36-14-9-27/h6-7,21,23-24,27-28,31,36-37,44H,2-5,8-20,22,25-26H2,1H3/t31-/m0/s1. The van der Waals surface area contributed by atoms with Gasteiger partial charge in [0.15, 0.2) is 5.65 Å². The van der Waals surface area contributed by atoms with Gasteiger partial charge in [-0.1, -0.05) is 13.0 Å². The fourth-order valence-corrected chi connectivity index (χ4v) is 7.28. The highest BCUT2D eigenvalue weighted by atomic mass is 16.5. The monoisotopic (exact) mass is 634 g/mol. The van der Waals surface area contributed by atoms with Crippen LogP contribution in [0.4, 0.5) is 11.6 Å². The van der Waals surface area contributed by atoms with Crippen molar-refractivity contribution >= 4 is 17.3 Å². The van der Waals surface area contributed by atoms with Gasteiger partial charge in [0.25, 0.3) is 0 Å². The second-order valence-corrected chi connectivity index (χ2v) is 13.3. The van der Waals surface area contributed by atoms with E-state index in [1.54, 1.807) is 0 Å². The summed E-state index contributed by atoms with van der Waals surface area (Å²) in [5, 5.41) is 21.4. The molecular formula is C35H54N8O3. The number of fused-ring (bicyclic) bond motifs is 1. The van der Waals surface area contributed by atoms with Gasteiger partial charge < -0.3 is 35.0 Å². The predicted molar refractivity (Wildman–Crippen MR) is 182 cm³/mol. The van der Waals surface area contributed by atoms with Crippen molar-refractivity contribution in [2.24, 2.45) is 11.8 Å². The molecule has 0 saturated carbocycles. The van der Waals surface area contributed by atoms with Crippen molar-refractivity contribution in [3.63, 3.8) is 0 Å². The Morgan fingerprint density at radius 1 is 1.00 bits per heavy atom. The minimum Gasteiger partial charge on any atom is -0.475 e. The minimum absolute atomic E-state index is 0.194. The highest BCUT2D eigenvalue weighted by Gasteiger charge is 2.25. The van der Waals surface area contributed by atoms with Crippen molar-refractivity contribution < 1.29 is 14.6 Å². The number of nitrogens with one attached hydrogen (secondary N) is 2. The Morgan fingerprint density at radius 2 is 1.87 bits per heavy atom. The third kappa shape index (κ3) is 8.67. The van der Waals surface area contributed by atoms with Crippen LogP contribution in [-0.4, -0.2) is 101 Å². The summed E-state index contributed by atoms with van der Waals surface area (Å²) >= 11 is 0. The highest BCUT2D eigenvalue weighted by Crippen LogP contribution is 2.29. The zero-order chi connectivity index (χ0) is 31.6. The average molecular weight is 635 g/mol. The van der Waals surface area contributed by atoms with Crippen LogP contribution in [0.3, 0.4) is 0 Å². The molecule has 6 rings (SSSR count). The van der Waals surface area contributed by atoms with Crippen LogP contribution in [0.5, 0.6) is 5.88 Å². The van der Waals surface area contributed by atoms with Crippen molar-refractivity contribution in [3.8, 4) is 5.88 Å². The number of rotatable bonds is 15. The van der Waals surface area contributed by atoms with E-state index in [9.17, 15) is 5.11 Å². The summed E-state index contributed by atoms with van der Waals surface area (Å²) in [7, 11) is 0. The molecule has 3 aliphatic heterocycles. The molecule has 0 unspecified atom stereocenters. The molecule has 0 bridgehead atoms. The summed E-state index contributed by atoms with van der Waals surface area (Å²) in [5.74, 6) is 4.00. The lowest BCUT2D eigenvalue weighted by Crippen LogP contribution is -2.40. The molecule has 0 spiro atoms. The summed E-state index contributed by atoms with van der Waals surface area (Å²) in [4.78, 5) is 14.6. The molecule has 6 heterocycles. The van der Waals surface area contributed by atoms with Crippen LogP contribution in [0.1, 0.15) is 69.4 Å². The first-order valence-corrected chi connectivity index (χ1v) is 17.8. The SMILES string of the molecule is CCc1cnn2c(NCc3ccc(OCCOCC4CCN(CC5CCNCC5)CC4)nc3)cc(N3CCCC[C@H]3CCO)nc12. The maximum absolute atomic E-state index is 9.66. The number of ether oxygens (including phenoxy) is 2. The van der Waals surface area contributed by atoms with E-state index in [-0.39, 0.29) is 6.61 Å². The molecule has 11 heteroatoms. The van der Waals surface area contributed by atoms with E-state index in [0.29, 0.717) is 37.6 Å². The van der Waals surface area contributed by atoms with Crippen molar-refractivity contribution in [3.05, 3.63) is 41.7 Å².